The van der Waals surface area contributed by atoms with E-state index in [1.807, 2.05) is 6.92 Å². The van der Waals surface area contributed by atoms with Gasteiger partial charge in [-0.3, -0.25) is 4.79 Å². The Morgan fingerprint density at radius 3 is 2.62 bits per heavy atom. The van der Waals surface area contributed by atoms with Gasteiger partial charge in [-0.2, -0.15) is 0 Å². The van der Waals surface area contributed by atoms with Crippen LogP contribution in [0.3, 0.4) is 0 Å². The molecule has 0 amide bonds. The predicted molar refractivity (Wildman–Crippen MR) is 49.2 cm³/mol. The summed E-state index contributed by atoms with van der Waals surface area (Å²) < 4.78 is 10.4. The van der Waals surface area contributed by atoms with Crippen molar-refractivity contribution in [2.45, 2.75) is 57.8 Å². The van der Waals surface area contributed by atoms with Gasteiger partial charge in [0, 0.05) is 6.42 Å². The van der Waals surface area contributed by atoms with Crippen molar-refractivity contribution in [3.05, 3.63) is 0 Å². The number of carbonyl (C=O) groups is 1. The maximum absolute atomic E-state index is 10.1. The van der Waals surface area contributed by atoms with E-state index < -0.39 is 0 Å². The van der Waals surface area contributed by atoms with Crippen molar-refractivity contribution in [1.82, 2.24) is 0 Å². The van der Waals surface area contributed by atoms with Gasteiger partial charge in [0.1, 0.15) is 0 Å². The molecule has 0 N–H and O–H groups in total. The Morgan fingerprint density at radius 2 is 2.08 bits per heavy atom. The van der Waals surface area contributed by atoms with Gasteiger partial charge in [0.2, 0.25) is 6.29 Å². The summed E-state index contributed by atoms with van der Waals surface area (Å²) in [6.45, 7) is 2.42. The van der Waals surface area contributed by atoms with E-state index in [9.17, 15) is 4.79 Å². The lowest BCUT2D eigenvalue weighted by Crippen LogP contribution is -2.25. The van der Waals surface area contributed by atoms with Gasteiger partial charge < -0.3 is 9.47 Å². The highest BCUT2D eigenvalue weighted by Gasteiger charge is 2.18. The van der Waals surface area contributed by atoms with Crippen LogP contribution in [-0.4, -0.2) is 18.9 Å². The highest BCUT2D eigenvalue weighted by atomic mass is 16.7. The van der Waals surface area contributed by atoms with Gasteiger partial charge in [0.05, 0.1) is 6.10 Å². The summed E-state index contributed by atoms with van der Waals surface area (Å²) in [5.41, 5.74) is 0. The van der Waals surface area contributed by atoms with E-state index in [4.69, 9.17) is 9.47 Å². The van der Waals surface area contributed by atoms with Crippen molar-refractivity contribution in [2.75, 3.05) is 0 Å². The zero-order valence-electron chi connectivity index (χ0n) is 8.20. The largest absolute Gasteiger partial charge is 0.438 e. The molecule has 1 atom stereocenters. The van der Waals surface area contributed by atoms with Crippen LogP contribution in [0.4, 0.5) is 0 Å². The van der Waals surface area contributed by atoms with Crippen molar-refractivity contribution in [3.8, 4) is 0 Å². The van der Waals surface area contributed by atoms with Gasteiger partial charge in [-0.1, -0.05) is 26.2 Å². The summed E-state index contributed by atoms with van der Waals surface area (Å²) in [5, 5.41) is 0. The summed E-state index contributed by atoms with van der Waals surface area (Å²) in [7, 11) is 0. The molecule has 0 aromatic heterocycles. The summed E-state index contributed by atoms with van der Waals surface area (Å²) in [6, 6.07) is 0. The number of rotatable bonds is 5. The topological polar surface area (TPSA) is 35.5 Å². The number of carbonyl (C=O) groups excluding carboxylic acids is 1. The first kappa shape index (κ1) is 10.5. The number of ether oxygens (including phenoxy) is 2. The predicted octanol–water partition coefficient (Wildman–Crippen LogP) is 2.24. The molecule has 0 saturated heterocycles. The molecule has 1 aliphatic rings. The molecule has 1 aliphatic carbocycles. The highest BCUT2D eigenvalue weighted by Crippen LogP contribution is 2.22. The monoisotopic (exact) mass is 186 g/mol. The van der Waals surface area contributed by atoms with Crippen LogP contribution in [0.2, 0.25) is 0 Å². The van der Waals surface area contributed by atoms with Crippen LogP contribution in [0.5, 0.6) is 0 Å². The van der Waals surface area contributed by atoms with Crippen LogP contribution < -0.4 is 0 Å². The van der Waals surface area contributed by atoms with Crippen LogP contribution in [0.25, 0.3) is 0 Å². The zero-order valence-corrected chi connectivity index (χ0v) is 8.20. The first-order chi connectivity index (χ1) is 6.36. The number of hydrogen-bond acceptors (Lipinski definition) is 3. The van der Waals surface area contributed by atoms with Gasteiger partial charge in [-0.25, -0.2) is 0 Å². The van der Waals surface area contributed by atoms with Gasteiger partial charge in [-0.15, -0.1) is 0 Å². The molecule has 1 unspecified atom stereocenters. The van der Waals surface area contributed by atoms with Crippen LogP contribution >= 0.6 is 0 Å². The van der Waals surface area contributed by atoms with E-state index in [-0.39, 0.29) is 6.29 Å². The maximum Gasteiger partial charge on any atom is 0.295 e. The Morgan fingerprint density at radius 1 is 1.38 bits per heavy atom. The third-order valence-corrected chi connectivity index (χ3v) is 2.44. The van der Waals surface area contributed by atoms with Crippen molar-refractivity contribution in [2.24, 2.45) is 0 Å². The van der Waals surface area contributed by atoms with E-state index in [0.29, 0.717) is 12.6 Å². The van der Waals surface area contributed by atoms with Crippen LogP contribution in [-0.2, 0) is 14.3 Å². The Bertz CT molecular complexity index is 141. The van der Waals surface area contributed by atoms with E-state index in [2.05, 4.69) is 0 Å². The lowest BCUT2D eigenvalue weighted by atomic mass is 9.98. The van der Waals surface area contributed by atoms with E-state index in [0.717, 1.165) is 19.3 Å². The van der Waals surface area contributed by atoms with E-state index in [1.165, 1.54) is 19.3 Å². The Balaban J connectivity index is 2.22. The van der Waals surface area contributed by atoms with E-state index in [1.54, 1.807) is 0 Å². The van der Waals surface area contributed by atoms with Crippen molar-refractivity contribution in [1.29, 1.82) is 0 Å². The van der Waals surface area contributed by atoms with Gasteiger partial charge in [0.25, 0.3) is 6.47 Å². The third kappa shape index (κ3) is 3.77. The average molecular weight is 186 g/mol. The fourth-order valence-electron chi connectivity index (χ4n) is 1.70. The second kappa shape index (κ2) is 5.97. The standard InChI is InChI=1S/C10H18O3/c1-2-10(12-8-11)13-9-6-4-3-5-7-9/h8-10H,2-7H2,1H3. The summed E-state index contributed by atoms with van der Waals surface area (Å²) >= 11 is 0. The van der Waals surface area contributed by atoms with Crippen molar-refractivity contribution < 1.29 is 14.3 Å². The maximum atomic E-state index is 10.1. The Labute approximate surface area is 79.4 Å². The molecule has 13 heavy (non-hydrogen) atoms. The summed E-state index contributed by atoms with van der Waals surface area (Å²) in [5.74, 6) is 0. The quantitative estimate of drug-likeness (QED) is 0.488. The second-order valence-corrected chi connectivity index (χ2v) is 3.47. The minimum atomic E-state index is -0.333. The molecule has 3 nitrogen and oxygen atoms in total. The van der Waals surface area contributed by atoms with Gasteiger partial charge in [0.15, 0.2) is 0 Å². The molecule has 0 spiro atoms. The molecule has 1 rings (SSSR count). The molecule has 0 aliphatic heterocycles. The molecule has 3 heteroatoms. The van der Waals surface area contributed by atoms with E-state index >= 15 is 0 Å². The molecule has 0 radical (unpaired) electrons. The molecular formula is C10H18O3. The normalized spacial score (nSPS) is 21.0. The minimum Gasteiger partial charge on any atom is -0.438 e. The highest BCUT2D eigenvalue weighted by molar-refractivity contribution is 5.37. The van der Waals surface area contributed by atoms with Crippen molar-refractivity contribution in [3.63, 3.8) is 0 Å². The fraction of sp³-hybridized carbons (Fsp3) is 0.900. The lowest BCUT2D eigenvalue weighted by molar-refractivity contribution is -0.180. The number of hydrogen-bond donors (Lipinski definition) is 0. The molecule has 0 aromatic carbocycles. The Hall–Kier alpha value is -0.570. The van der Waals surface area contributed by atoms with Gasteiger partial charge in [-0.05, 0) is 12.8 Å². The molecule has 0 bridgehead atoms. The third-order valence-electron chi connectivity index (χ3n) is 2.44. The summed E-state index contributed by atoms with van der Waals surface area (Å²) in [6.07, 6.45) is 6.71. The fourth-order valence-corrected chi connectivity index (χ4v) is 1.70. The lowest BCUT2D eigenvalue weighted by Gasteiger charge is -2.25. The zero-order chi connectivity index (χ0) is 9.52. The van der Waals surface area contributed by atoms with Gasteiger partial charge >= 0.3 is 0 Å². The second-order valence-electron chi connectivity index (χ2n) is 3.47. The Kier molecular flexibility index (Phi) is 4.83. The first-order valence-corrected chi connectivity index (χ1v) is 5.11. The average Bonchev–Trinajstić information content (AvgIpc) is 2.19. The SMILES string of the molecule is CCC(OC=O)OC1CCCCC1. The molecule has 0 aromatic rings. The smallest absolute Gasteiger partial charge is 0.295 e. The first-order valence-electron chi connectivity index (χ1n) is 5.11. The van der Waals surface area contributed by atoms with Crippen LogP contribution in [0, 0.1) is 0 Å². The van der Waals surface area contributed by atoms with Crippen LogP contribution in [0.15, 0.2) is 0 Å². The van der Waals surface area contributed by atoms with Crippen molar-refractivity contribution >= 4 is 6.47 Å². The molecule has 1 fully saturated rings. The van der Waals surface area contributed by atoms with Crippen LogP contribution in [0.1, 0.15) is 45.4 Å². The molecule has 1 saturated carbocycles. The molecule has 0 heterocycles. The molecule has 76 valence electrons. The molecular weight excluding hydrogens is 168 g/mol. The minimum absolute atomic E-state index is 0.304. The summed E-state index contributed by atoms with van der Waals surface area (Å²) in [4.78, 5) is 10.1.